The number of nitro groups is 1. The molecule has 0 aromatic heterocycles. The van der Waals surface area contributed by atoms with Gasteiger partial charge in [-0.25, -0.2) is 4.79 Å². The van der Waals surface area contributed by atoms with Crippen molar-refractivity contribution in [1.82, 2.24) is 0 Å². The number of non-ortho nitro benzene ring substituents is 1. The summed E-state index contributed by atoms with van der Waals surface area (Å²) in [5, 5.41) is 32.1. The molecule has 23 heavy (non-hydrogen) atoms. The Morgan fingerprint density at radius 3 is 2.39 bits per heavy atom. The highest BCUT2D eigenvalue weighted by molar-refractivity contribution is 8.00. The summed E-state index contributed by atoms with van der Waals surface area (Å²) in [4.78, 5) is 21.8. The zero-order chi connectivity index (χ0) is 16.8. The first-order valence-electron chi connectivity index (χ1n) is 6.44. The summed E-state index contributed by atoms with van der Waals surface area (Å²) in [5.74, 6) is -0.815. The molecule has 0 saturated heterocycles. The second-order valence-corrected chi connectivity index (χ2v) is 5.46. The van der Waals surface area contributed by atoms with Gasteiger partial charge in [-0.2, -0.15) is 0 Å². The maximum Gasteiger partial charge on any atom is 0.336 e. The fourth-order valence-electron chi connectivity index (χ4n) is 1.86. The highest BCUT2D eigenvalue weighted by Crippen LogP contribution is 2.24. The summed E-state index contributed by atoms with van der Waals surface area (Å²) in [6.07, 6.45) is 0. The molecule has 0 saturated carbocycles. The van der Waals surface area contributed by atoms with E-state index in [1.807, 2.05) is 0 Å². The molecule has 8 heteroatoms. The topological polar surface area (TPSA) is 113 Å². The molecule has 2 N–H and O–H groups in total. The van der Waals surface area contributed by atoms with Crippen LogP contribution in [-0.4, -0.2) is 32.7 Å². The van der Waals surface area contributed by atoms with Crippen molar-refractivity contribution in [3.63, 3.8) is 0 Å². The van der Waals surface area contributed by atoms with Gasteiger partial charge in [-0.05, 0) is 24.3 Å². The standard InChI is InChI=1S/C15H12N2O5S/c18-15(19)12-3-1-2-4-14(12)23-9-13(16-20)10-5-7-11(8-6-10)17(21)22/h1-8,20H,9H2,(H,18,19)/b16-13+. The summed E-state index contributed by atoms with van der Waals surface area (Å²) in [6, 6.07) is 12.1. The third kappa shape index (κ3) is 4.07. The Morgan fingerprint density at radius 2 is 1.83 bits per heavy atom. The molecule has 0 heterocycles. The van der Waals surface area contributed by atoms with Crippen LogP contribution in [0.4, 0.5) is 5.69 Å². The van der Waals surface area contributed by atoms with Crippen molar-refractivity contribution >= 4 is 29.1 Å². The van der Waals surface area contributed by atoms with Crippen LogP contribution in [0.1, 0.15) is 15.9 Å². The molecule has 2 rings (SSSR count). The quantitative estimate of drug-likeness (QED) is 0.276. The lowest BCUT2D eigenvalue weighted by Gasteiger charge is -2.07. The molecule has 0 spiro atoms. The highest BCUT2D eigenvalue weighted by Gasteiger charge is 2.13. The number of aromatic carboxylic acids is 1. The molecule has 0 amide bonds. The Bertz CT molecular complexity index is 759. The number of carboxylic acid groups (broad SMARTS) is 1. The number of nitrogens with zero attached hydrogens (tertiary/aromatic N) is 2. The molecule has 2 aromatic carbocycles. The second-order valence-electron chi connectivity index (χ2n) is 4.44. The minimum atomic E-state index is -1.04. The van der Waals surface area contributed by atoms with E-state index in [4.69, 9.17) is 10.3 Å². The largest absolute Gasteiger partial charge is 0.478 e. The molecule has 0 aliphatic rings. The number of carboxylic acids is 1. The average Bonchev–Trinajstić information content (AvgIpc) is 2.56. The van der Waals surface area contributed by atoms with Crippen LogP contribution in [0.2, 0.25) is 0 Å². The van der Waals surface area contributed by atoms with Gasteiger partial charge in [0, 0.05) is 28.3 Å². The summed E-state index contributed by atoms with van der Waals surface area (Å²) >= 11 is 1.21. The van der Waals surface area contributed by atoms with Crippen LogP contribution in [0.25, 0.3) is 0 Å². The van der Waals surface area contributed by atoms with E-state index < -0.39 is 10.9 Å². The van der Waals surface area contributed by atoms with E-state index in [9.17, 15) is 14.9 Å². The lowest BCUT2D eigenvalue weighted by atomic mass is 10.1. The van der Waals surface area contributed by atoms with E-state index >= 15 is 0 Å². The Balaban J connectivity index is 2.15. The molecule has 0 unspecified atom stereocenters. The van der Waals surface area contributed by atoms with Crippen molar-refractivity contribution in [1.29, 1.82) is 0 Å². The summed E-state index contributed by atoms with van der Waals surface area (Å²) < 4.78 is 0. The van der Waals surface area contributed by atoms with Crippen LogP contribution in [0.15, 0.2) is 58.6 Å². The molecule has 2 aromatic rings. The summed E-state index contributed by atoms with van der Waals surface area (Å²) in [7, 11) is 0. The van der Waals surface area contributed by atoms with E-state index in [2.05, 4.69) is 5.16 Å². The number of thioether (sulfide) groups is 1. The van der Waals surface area contributed by atoms with Gasteiger partial charge in [0.1, 0.15) is 0 Å². The fourth-order valence-corrected chi connectivity index (χ4v) is 2.86. The second kappa shape index (κ2) is 7.41. The summed E-state index contributed by atoms with van der Waals surface area (Å²) in [6.45, 7) is 0. The SMILES string of the molecule is O=C(O)c1ccccc1SC/C(=N\O)c1ccc([N+](=O)[O-])cc1. The number of oxime groups is 1. The van der Waals surface area contributed by atoms with Gasteiger partial charge in [0.2, 0.25) is 0 Å². The first kappa shape index (κ1) is 16.5. The van der Waals surface area contributed by atoms with E-state index in [1.165, 1.54) is 42.1 Å². The number of carbonyl (C=O) groups is 1. The zero-order valence-electron chi connectivity index (χ0n) is 11.7. The van der Waals surface area contributed by atoms with Gasteiger partial charge >= 0.3 is 5.97 Å². The van der Waals surface area contributed by atoms with Gasteiger partial charge in [-0.3, -0.25) is 10.1 Å². The van der Waals surface area contributed by atoms with Gasteiger partial charge in [0.15, 0.2) is 0 Å². The fraction of sp³-hybridized carbons (Fsp3) is 0.0667. The molecule has 118 valence electrons. The molecule has 0 bridgehead atoms. The third-order valence-corrected chi connectivity index (χ3v) is 4.10. The Labute approximate surface area is 135 Å². The van der Waals surface area contributed by atoms with Gasteiger partial charge < -0.3 is 10.3 Å². The lowest BCUT2D eigenvalue weighted by Crippen LogP contribution is -2.06. The molecule has 0 atom stereocenters. The van der Waals surface area contributed by atoms with Crippen LogP contribution in [-0.2, 0) is 0 Å². The maximum atomic E-state index is 11.2. The lowest BCUT2D eigenvalue weighted by molar-refractivity contribution is -0.384. The van der Waals surface area contributed by atoms with Crippen LogP contribution in [0, 0.1) is 10.1 Å². The Hall–Kier alpha value is -2.87. The predicted molar refractivity (Wildman–Crippen MR) is 85.5 cm³/mol. The number of nitro benzene ring substituents is 1. The Kier molecular flexibility index (Phi) is 5.32. The van der Waals surface area contributed by atoms with E-state index in [0.29, 0.717) is 16.2 Å². The molecule has 0 radical (unpaired) electrons. The number of rotatable bonds is 6. The Morgan fingerprint density at radius 1 is 1.17 bits per heavy atom. The van der Waals surface area contributed by atoms with Gasteiger partial charge in [0.25, 0.3) is 5.69 Å². The molecule has 7 nitrogen and oxygen atoms in total. The van der Waals surface area contributed by atoms with Crippen molar-refractivity contribution in [3.8, 4) is 0 Å². The predicted octanol–water partition coefficient (Wildman–Crippen LogP) is 3.26. The number of hydrogen-bond donors (Lipinski definition) is 2. The first-order valence-corrected chi connectivity index (χ1v) is 7.42. The molecule has 0 fully saturated rings. The monoisotopic (exact) mass is 332 g/mol. The van der Waals surface area contributed by atoms with Crippen LogP contribution < -0.4 is 0 Å². The van der Waals surface area contributed by atoms with Crippen LogP contribution in [0.3, 0.4) is 0 Å². The zero-order valence-corrected chi connectivity index (χ0v) is 12.6. The number of hydrogen-bond acceptors (Lipinski definition) is 6. The third-order valence-electron chi connectivity index (χ3n) is 3.01. The maximum absolute atomic E-state index is 11.2. The van der Waals surface area contributed by atoms with Gasteiger partial charge in [0.05, 0.1) is 16.2 Å². The normalized spacial score (nSPS) is 11.2. The van der Waals surface area contributed by atoms with Crippen molar-refractivity contribution < 1.29 is 20.0 Å². The van der Waals surface area contributed by atoms with Gasteiger partial charge in [-0.1, -0.05) is 17.3 Å². The van der Waals surface area contributed by atoms with E-state index in [-0.39, 0.29) is 17.0 Å². The molecular formula is C15H12N2O5S. The van der Waals surface area contributed by atoms with E-state index in [1.54, 1.807) is 18.2 Å². The van der Waals surface area contributed by atoms with Crippen LogP contribution >= 0.6 is 11.8 Å². The smallest absolute Gasteiger partial charge is 0.336 e. The average molecular weight is 332 g/mol. The number of benzene rings is 2. The summed E-state index contributed by atoms with van der Waals surface area (Å²) in [5.41, 5.74) is 0.928. The van der Waals surface area contributed by atoms with Crippen molar-refractivity contribution in [3.05, 3.63) is 69.8 Å². The van der Waals surface area contributed by atoms with E-state index in [0.717, 1.165) is 0 Å². The molecular weight excluding hydrogens is 320 g/mol. The first-order chi connectivity index (χ1) is 11.0. The highest BCUT2D eigenvalue weighted by atomic mass is 32.2. The minimum absolute atomic E-state index is 0.0603. The molecule has 0 aliphatic heterocycles. The molecule has 0 aliphatic carbocycles. The minimum Gasteiger partial charge on any atom is -0.478 e. The van der Waals surface area contributed by atoms with Crippen LogP contribution in [0.5, 0.6) is 0 Å². The van der Waals surface area contributed by atoms with Gasteiger partial charge in [-0.15, -0.1) is 11.8 Å². The van der Waals surface area contributed by atoms with Crippen molar-refractivity contribution in [2.45, 2.75) is 4.90 Å². The van der Waals surface area contributed by atoms with Crippen molar-refractivity contribution in [2.75, 3.05) is 5.75 Å². The van der Waals surface area contributed by atoms with Crippen molar-refractivity contribution in [2.24, 2.45) is 5.16 Å².